The molecule has 0 aliphatic carbocycles. The van der Waals surface area contributed by atoms with Gasteiger partial charge in [0.25, 0.3) is 5.91 Å². The number of esters is 1. The van der Waals surface area contributed by atoms with Crippen LogP contribution in [0.5, 0.6) is 5.75 Å². The number of rotatable bonds is 7. The van der Waals surface area contributed by atoms with Crippen LogP contribution in [0, 0.1) is 0 Å². The van der Waals surface area contributed by atoms with Gasteiger partial charge in [0, 0.05) is 12.2 Å². The van der Waals surface area contributed by atoms with Crippen molar-refractivity contribution in [1.29, 1.82) is 0 Å². The number of amides is 1. The molecule has 0 saturated carbocycles. The zero-order valence-electron chi connectivity index (χ0n) is 13.1. The predicted molar refractivity (Wildman–Crippen MR) is 84.1 cm³/mol. The van der Waals surface area contributed by atoms with Gasteiger partial charge in [0.1, 0.15) is 11.9 Å². The maximum Gasteiger partial charge on any atom is 0.308 e. The number of carbonyl (C=O) groups is 2. The van der Waals surface area contributed by atoms with Gasteiger partial charge in [0.15, 0.2) is 0 Å². The number of carbonyl (C=O) groups excluding carboxylic acids is 2. The third kappa shape index (κ3) is 5.22. The first-order valence-corrected chi connectivity index (χ1v) is 7.58. The lowest BCUT2D eigenvalue weighted by Crippen LogP contribution is -2.29. The van der Waals surface area contributed by atoms with E-state index >= 15 is 0 Å². The van der Waals surface area contributed by atoms with Crippen LogP contribution in [0.15, 0.2) is 24.3 Å². The Bertz CT molecular complexity index is 532. The largest absolute Gasteiger partial charge is 0.493 e. The second-order valence-corrected chi connectivity index (χ2v) is 5.25. The van der Waals surface area contributed by atoms with Gasteiger partial charge in [0.05, 0.1) is 26.2 Å². The van der Waals surface area contributed by atoms with Gasteiger partial charge in [-0.25, -0.2) is 0 Å². The third-order valence-electron chi connectivity index (χ3n) is 3.59. The van der Waals surface area contributed by atoms with E-state index in [1.165, 1.54) is 7.11 Å². The average Bonchev–Trinajstić information content (AvgIpc) is 3.05. The van der Waals surface area contributed by atoms with Gasteiger partial charge in [0.2, 0.25) is 0 Å². The van der Waals surface area contributed by atoms with Crippen molar-refractivity contribution in [2.24, 2.45) is 5.73 Å². The maximum atomic E-state index is 12.1. The first kappa shape index (κ1) is 17.2. The number of nitrogens with one attached hydrogen (secondary N) is 1. The minimum Gasteiger partial charge on any atom is -0.493 e. The Balaban J connectivity index is 1.78. The van der Waals surface area contributed by atoms with E-state index in [-0.39, 0.29) is 31.0 Å². The van der Waals surface area contributed by atoms with Crippen molar-refractivity contribution in [3.8, 4) is 5.75 Å². The number of ether oxygens (including phenoxy) is 3. The van der Waals surface area contributed by atoms with Gasteiger partial charge in [-0.3, -0.25) is 9.59 Å². The van der Waals surface area contributed by atoms with Gasteiger partial charge >= 0.3 is 5.97 Å². The predicted octanol–water partition coefficient (Wildman–Crippen LogP) is 1.07. The monoisotopic (exact) mass is 322 g/mol. The fraction of sp³-hybridized carbons (Fsp3) is 0.500. The van der Waals surface area contributed by atoms with Crippen molar-refractivity contribution in [1.82, 2.24) is 0 Å². The highest BCUT2D eigenvalue weighted by atomic mass is 16.5. The summed E-state index contributed by atoms with van der Waals surface area (Å²) in [5.41, 5.74) is 6.20. The SMILES string of the molecule is COC(=O)CCOc1ccc(NC(=O)[C@@H]2CC[C@H](CN)O2)cc1. The Morgan fingerprint density at radius 3 is 2.65 bits per heavy atom. The molecule has 2 atom stereocenters. The van der Waals surface area contributed by atoms with Crippen molar-refractivity contribution >= 4 is 17.6 Å². The summed E-state index contributed by atoms with van der Waals surface area (Å²) in [7, 11) is 1.34. The third-order valence-corrected chi connectivity index (χ3v) is 3.59. The van der Waals surface area contributed by atoms with Gasteiger partial charge < -0.3 is 25.3 Å². The molecule has 0 spiro atoms. The van der Waals surface area contributed by atoms with E-state index < -0.39 is 6.10 Å². The van der Waals surface area contributed by atoms with Gasteiger partial charge in [-0.15, -0.1) is 0 Å². The molecule has 23 heavy (non-hydrogen) atoms. The second-order valence-electron chi connectivity index (χ2n) is 5.25. The minimum absolute atomic E-state index is 0.0312. The molecule has 1 aliphatic heterocycles. The topological polar surface area (TPSA) is 99.9 Å². The minimum atomic E-state index is -0.445. The first-order chi connectivity index (χ1) is 11.1. The van der Waals surface area contributed by atoms with Crippen molar-refractivity contribution in [3.05, 3.63) is 24.3 Å². The Labute approximate surface area is 135 Å². The van der Waals surface area contributed by atoms with Crippen LogP contribution in [-0.2, 0) is 19.1 Å². The van der Waals surface area contributed by atoms with Crippen LogP contribution in [0.4, 0.5) is 5.69 Å². The lowest BCUT2D eigenvalue weighted by atomic mass is 10.2. The van der Waals surface area contributed by atoms with Crippen molar-refractivity contribution in [3.63, 3.8) is 0 Å². The first-order valence-electron chi connectivity index (χ1n) is 7.58. The van der Waals surface area contributed by atoms with E-state index in [1.54, 1.807) is 24.3 Å². The van der Waals surface area contributed by atoms with Crippen molar-refractivity contribution in [2.75, 3.05) is 25.6 Å². The lowest BCUT2D eigenvalue weighted by Gasteiger charge is -2.13. The molecule has 1 aliphatic rings. The van der Waals surface area contributed by atoms with Crippen LogP contribution >= 0.6 is 0 Å². The van der Waals surface area contributed by atoms with E-state index in [9.17, 15) is 9.59 Å². The zero-order chi connectivity index (χ0) is 16.7. The molecule has 0 unspecified atom stereocenters. The van der Waals surface area contributed by atoms with Crippen LogP contribution < -0.4 is 15.8 Å². The summed E-state index contributed by atoms with van der Waals surface area (Å²) in [5, 5.41) is 2.80. The number of anilines is 1. The molecule has 1 heterocycles. The van der Waals surface area contributed by atoms with E-state index in [4.69, 9.17) is 15.2 Å². The molecule has 7 nitrogen and oxygen atoms in total. The Morgan fingerprint density at radius 1 is 1.30 bits per heavy atom. The summed E-state index contributed by atoms with van der Waals surface area (Å²) in [6.45, 7) is 0.677. The Morgan fingerprint density at radius 2 is 2.04 bits per heavy atom. The highest BCUT2D eigenvalue weighted by Gasteiger charge is 2.29. The summed E-state index contributed by atoms with van der Waals surface area (Å²) < 4.78 is 15.5. The van der Waals surface area contributed by atoms with Crippen LogP contribution in [0.2, 0.25) is 0 Å². The highest BCUT2D eigenvalue weighted by molar-refractivity contribution is 5.94. The average molecular weight is 322 g/mol. The number of hydrogen-bond acceptors (Lipinski definition) is 6. The number of benzene rings is 1. The van der Waals surface area contributed by atoms with E-state index in [1.807, 2.05) is 0 Å². The standard InChI is InChI=1S/C16H22N2O5/c1-21-15(19)8-9-22-12-4-2-11(3-5-12)18-16(20)14-7-6-13(10-17)23-14/h2-5,13-14H,6-10,17H2,1H3,(H,18,20)/t13-,14+/m1/s1. The van der Waals surface area contributed by atoms with Crippen molar-refractivity contribution in [2.45, 2.75) is 31.5 Å². The van der Waals surface area contributed by atoms with Gasteiger partial charge in [-0.1, -0.05) is 0 Å². The van der Waals surface area contributed by atoms with Crippen LogP contribution in [0.25, 0.3) is 0 Å². The molecular weight excluding hydrogens is 300 g/mol. The van der Waals surface area contributed by atoms with E-state index in [0.717, 1.165) is 6.42 Å². The number of nitrogens with two attached hydrogens (primary N) is 1. The van der Waals surface area contributed by atoms with Gasteiger partial charge in [-0.2, -0.15) is 0 Å². The fourth-order valence-corrected chi connectivity index (χ4v) is 2.28. The highest BCUT2D eigenvalue weighted by Crippen LogP contribution is 2.21. The molecule has 0 bridgehead atoms. The fourth-order valence-electron chi connectivity index (χ4n) is 2.28. The molecule has 1 aromatic carbocycles. The lowest BCUT2D eigenvalue weighted by molar-refractivity contribution is -0.141. The molecule has 1 saturated heterocycles. The summed E-state index contributed by atoms with van der Waals surface area (Å²) in [6, 6.07) is 6.93. The maximum absolute atomic E-state index is 12.1. The van der Waals surface area contributed by atoms with Crippen LogP contribution in [0.3, 0.4) is 0 Å². The molecule has 1 fully saturated rings. The molecule has 7 heteroatoms. The number of methoxy groups -OCH3 is 1. The summed E-state index contributed by atoms with van der Waals surface area (Å²) >= 11 is 0. The van der Waals surface area contributed by atoms with Gasteiger partial charge in [-0.05, 0) is 37.1 Å². The quantitative estimate of drug-likeness (QED) is 0.729. The van der Waals surface area contributed by atoms with E-state index in [0.29, 0.717) is 24.4 Å². The smallest absolute Gasteiger partial charge is 0.308 e. The molecular formula is C16H22N2O5. The Hall–Kier alpha value is -2.12. The molecule has 0 radical (unpaired) electrons. The normalized spacial score (nSPS) is 20.1. The molecule has 126 valence electrons. The van der Waals surface area contributed by atoms with E-state index in [2.05, 4.69) is 10.1 Å². The molecule has 1 amide bonds. The molecule has 2 rings (SSSR count). The molecule has 0 aromatic heterocycles. The second kappa shape index (κ2) is 8.50. The Kier molecular flexibility index (Phi) is 6.37. The van der Waals surface area contributed by atoms with Crippen molar-refractivity contribution < 1.29 is 23.8 Å². The number of hydrogen-bond donors (Lipinski definition) is 2. The summed E-state index contributed by atoms with van der Waals surface area (Å²) in [4.78, 5) is 23.1. The summed E-state index contributed by atoms with van der Waals surface area (Å²) in [6.07, 6.45) is 1.20. The zero-order valence-corrected chi connectivity index (χ0v) is 13.1. The summed E-state index contributed by atoms with van der Waals surface area (Å²) in [5.74, 6) is 0.133. The molecule has 3 N–H and O–H groups in total. The van der Waals surface area contributed by atoms with Crippen LogP contribution in [0.1, 0.15) is 19.3 Å². The molecule has 1 aromatic rings. The van der Waals surface area contributed by atoms with Crippen LogP contribution in [-0.4, -0.2) is 44.3 Å².